The summed E-state index contributed by atoms with van der Waals surface area (Å²) in [5.41, 5.74) is 21.7. The fourth-order valence-corrected chi connectivity index (χ4v) is 5.55. The van der Waals surface area contributed by atoms with Crippen molar-refractivity contribution in [3.8, 4) is 55.9 Å². The standard InChI is InChI=1S/C39H33ClN2/c1-4-27-9-15-28(16-10-27)36-23-32(24-37(42-36)29-17-19-33(40)20-18-29)34-21-22-35(41)39(31-13-7-26(3)8-14-31)38(34)30-11-5-25(2)6-12-30/h5-24H,4,41H2,1-3H3. The summed E-state index contributed by atoms with van der Waals surface area (Å²) in [6, 6.07) is 42.4. The van der Waals surface area contributed by atoms with Gasteiger partial charge in [0.05, 0.1) is 11.4 Å². The predicted molar refractivity (Wildman–Crippen MR) is 180 cm³/mol. The first-order valence-electron chi connectivity index (χ1n) is 14.3. The minimum absolute atomic E-state index is 0.702. The third kappa shape index (κ3) is 5.59. The molecule has 3 heteroatoms. The zero-order valence-electron chi connectivity index (χ0n) is 24.2. The number of nitrogens with two attached hydrogens (primary N) is 1. The van der Waals surface area contributed by atoms with Gasteiger partial charge in [-0.1, -0.05) is 121 Å². The first-order chi connectivity index (χ1) is 20.4. The summed E-state index contributed by atoms with van der Waals surface area (Å²) in [6.45, 7) is 6.39. The van der Waals surface area contributed by atoms with Crippen molar-refractivity contribution in [2.24, 2.45) is 0 Å². The van der Waals surface area contributed by atoms with E-state index in [2.05, 4.69) is 112 Å². The molecule has 42 heavy (non-hydrogen) atoms. The van der Waals surface area contributed by atoms with Crippen molar-refractivity contribution in [2.75, 3.05) is 5.73 Å². The molecule has 5 aromatic carbocycles. The van der Waals surface area contributed by atoms with E-state index in [4.69, 9.17) is 22.3 Å². The second-order valence-electron chi connectivity index (χ2n) is 10.9. The van der Waals surface area contributed by atoms with E-state index < -0.39 is 0 Å². The van der Waals surface area contributed by atoms with E-state index in [1.165, 1.54) is 16.7 Å². The maximum atomic E-state index is 6.76. The number of halogens is 1. The van der Waals surface area contributed by atoms with Crippen LogP contribution in [0.1, 0.15) is 23.6 Å². The van der Waals surface area contributed by atoms with E-state index in [9.17, 15) is 0 Å². The minimum atomic E-state index is 0.702. The maximum absolute atomic E-state index is 6.76. The molecule has 0 amide bonds. The smallest absolute Gasteiger partial charge is 0.0715 e. The molecule has 0 radical (unpaired) electrons. The molecule has 0 aliphatic rings. The maximum Gasteiger partial charge on any atom is 0.0715 e. The zero-order valence-corrected chi connectivity index (χ0v) is 24.9. The van der Waals surface area contributed by atoms with Crippen LogP contribution in [0.2, 0.25) is 5.02 Å². The first-order valence-corrected chi connectivity index (χ1v) is 14.7. The van der Waals surface area contributed by atoms with Crippen LogP contribution in [0.4, 0.5) is 5.69 Å². The molecule has 2 nitrogen and oxygen atoms in total. The van der Waals surface area contributed by atoms with Gasteiger partial charge in [0.1, 0.15) is 0 Å². The lowest BCUT2D eigenvalue weighted by Crippen LogP contribution is -1.98. The van der Waals surface area contributed by atoms with Crippen molar-refractivity contribution >= 4 is 17.3 Å². The molecule has 2 N–H and O–H groups in total. The molecular weight excluding hydrogens is 532 g/mol. The number of hydrogen-bond donors (Lipinski definition) is 1. The van der Waals surface area contributed by atoms with E-state index in [1.54, 1.807) is 0 Å². The van der Waals surface area contributed by atoms with Crippen LogP contribution in [0.3, 0.4) is 0 Å². The molecule has 0 bridgehead atoms. The predicted octanol–water partition coefficient (Wildman–Crippen LogP) is 10.8. The number of aromatic nitrogens is 1. The molecule has 0 saturated carbocycles. The Kier molecular flexibility index (Phi) is 7.65. The fourth-order valence-electron chi connectivity index (χ4n) is 5.42. The Balaban J connectivity index is 1.64. The molecule has 6 aromatic rings. The highest BCUT2D eigenvalue weighted by atomic mass is 35.5. The Morgan fingerprint density at radius 3 is 1.55 bits per heavy atom. The quantitative estimate of drug-likeness (QED) is 0.204. The second kappa shape index (κ2) is 11.7. The number of hydrogen-bond acceptors (Lipinski definition) is 2. The largest absolute Gasteiger partial charge is 0.398 e. The van der Waals surface area contributed by atoms with Gasteiger partial charge in [0, 0.05) is 27.4 Å². The third-order valence-electron chi connectivity index (χ3n) is 7.85. The molecule has 0 atom stereocenters. The van der Waals surface area contributed by atoms with Gasteiger partial charge in [-0.15, -0.1) is 0 Å². The van der Waals surface area contributed by atoms with E-state index in [0.29, 0.717) is 5.02 Å². The van der Waals surface area contributed by atoms with Crippen LogP contribution in [-0.2, 0) is 6.42 Å². The second-order valence-corrected chi connectivity index (χ2v) is 11.3. The number of pyridine rings is 1. The molecule has 0 saturated heterocycles. The minimum Gasteiger partial charge on any atom is -0.398 e. The molecule has 1 aromatic heterocycles. The molecule has 1 heterocycles. The monoisotopic (exact) mass is 564 g/mol. The highest BCUT2D eigenvalue weighted by molar-refractivity contribution is 6.30. The lowest BCUT2D eigenvalue weighted by molar-refractivity contribution is 1.14. The van der Waals surface area contributed by atoms with E-state index in [0.717, 1.165) is 68.0 Å². The van der Waals surface area contributed by atoms with Crippen molar-refractivity contribution in [3.05, 3.63) is 143 Å². The van der Waals surface area contributed by atoms with Crippen molar-refractivity contribution in [1.82, 2.24) is 4.98 Å². The van der Waals surface area contributed by atoms with Crippen LogP contribution in [-0.4, -0.2) is 4.98 Å². The third-order valence-corrected chi connectivity index (χ3v) is 8.10. The topological polar surface area (TPSA) is 38.9 Å². The number of benzene rings is 5. The van der Waals surface area contributed by atoms with Crippen LogP contribution in [0, 0.1) is 13.8 Å². The van der Waals surface area contributed by atoms with Crippen molar-refractivity contribution in [3.63, 3.8) is 0 Å². The average molecular weight is 565 g/mol. The molecule has 0 aliphatic heterocycles. The van der Waals surface area contributed by atoms with E-state index >= 15 is 0 Å². The summed E-state index contributed by atoms with van der Waals surface area (Å²) in [5.74, 6) is 0. The van der Waals surface area contributed by atoms with Crippen molar-refractivity contribution < 1.29 is 0 Å². The highest BCUT2D eigenvalue weighted by Gasteiger charge is 2.19. The fraction of sp³-hybridized carbons (Fsp3) is 0.103. The molecule has 0 aliphatic carbocycles. The average Bonchev–Trinajstić information content (AvgIpc) is 3.02. The zero-order chi connectivity index (χ0) is 29.2. The molecule has 0 unspecified atom stereocenters. The molecule has 206 valence electrons. The summed E-state index contributed by atoms with van der Waals surface area (Å²) in [4.78, 5) is 5.14. The summed E-state index contributed by atoms with van der Waals surface area (Å²) in [7, 11) is 0. The van der Waals surface area contributed by atoms with E-state index in [-0.39, 0.29) is 0 Å². The SMILES string of the molecule is CCc1ccc(-c2cc(-c3ccc(N)c(-c4ccc(C)cc4)c3-c3ccc(C)cc3)cc(-c3ccc(Cl)cc3)n2)cc1. The molecule has 0 fully saturated rings. The Hall–Kier alpha value is -4.66. The van der Waals surface area contributed by atoms with Gasteiger partial charge < -0.3 is 5.73 Å². The van der Waals surface area contributed by atoms with Gasteiger partial charge in [-0.25, -0.2) is 4.98 Å². The lowest BCUT2D eigenvalue weighted by atomic mass is 9.85. The summed E-state index contributed by atoms with van der Waals surface area (Å²) in [6.07, 6.45) is 0.997. The van der Waals surface area contributed by atoms with Gasteiger partial charge in [-0.2, -0.15) is 0 Å². The Bertz CT molecular complexity index is 1850. The Morgan fingerprint density at radius 2 is 1.02 bits per heavy atom. The van der Waals surface area contributed by atoms with Crippen LogP contribution < -0.4 is 5.73 Å². The lowest BCUT2D eigenvalue weighted by Gasteiger charge is -2.20. The molecular formula is C39H33ClN2. The number of anilines is 1. The van der Waals surface area contributed by atoms with Crippen molar-refractivity contribution in [1.29, 1.82) is 0 Å². The van der Waals surface area contributed by atoms with Crippen LogP contribution in [0.15, 0.2) is 121 Å². The first kappa shape index (κ1) is 27.5. The van der Waals surface area contributed by atoms with Crippen LogP contribution >= 0.6 is 11.6 Å². The van der Waals surface area contributed by atoms with Crippen molar-refractivity contribution in [2.45, 2.75) is 27.2 Å². The number of nitrogen functional groups attached to an aromatic ring is 1. The van der Waals surface area contributed by atoms with Gasteiger partial charge in [0.25, 0.3) is 0 Å². The van der Waals surface area contributed by atoms with Crippen LogP contribution in [0.5, 0.6) is 0 Å². The van der Waals surface area contributed by atoms with Crippen LogP contribution in [0.25, 0.3) is 55.9 Å². The van der Waals surface area contributed by atoms with E-state index in [1.807, 2.05) is 30.3 Å². The summed E-state index contributed by atoms with van der Waals surface area (Å²) < 4.78 is 0. The number of nitrogens with zero attached hydrogens (tertiary/aromatic N) is 1. The van der Waals surface area contributed by atoms with Gasteiger partial charge in [0.15, 0.2) is 0 Å². The van der Waals surface area contributed by atoms with Gasteiger partial charge in [-0.3, -0.25) is 0 Å². The summed E-state index contributed by atoms with van der Waals surface area (Å²) in [5, 5.41) is 0.702. The normalized spacial score (nSPS) is 11.0. The Morgan fingerprint density at radius 1 is 0.548 bits per heavy atom. The van der Waals surface area contributed by atoms with Gasteiger partial charge in [-0.05, 0) is 84.0 Å². The number of aryl methyl sites for hydroxylation is 3. The Labute approximate surface area is 253 Å². The number of rotatable bonds is 6. The highest BCUT2D eigenvalue weighted by Crippen LogP contribution is 2.44. The van der Waals surface area contributed by atoms with Gasteiger partial charge >= 0.3 is 0 Å². The molecule has 0 spiro atoms. The van der Waals surface area contributed by atoms with Gasteiger partial charge in [0.2, 0.25) is 0 Å². The molecule has 6 rings (SSSR count). The summed E-state index contributed by atoms with van der Waals surface area (Å²) >= 11 is 6.25.